The van der Waals surface area contributed by atoms with Gasteiger partial charge in [0.25, 0.3) is 0 Å². The fourth-order valence-electron chi connectivity index (χ4n) is 2.82. The number of ether oxygens (including phenoxy) is 1. The molecule has 0 saturated carbocycles. The van der Waals surface area contributed by atoms with Crippen molar-refractivity contribution in [3.05, 3.63) is 24.5 Å². The molecule has 1 unspecified atom stereocenters. The zero-order valence-electron chi connectivity index (χ0n) is 13.6. The molecule has 0 radical (unpaired) electrons. The molecule has 2 aromatic heterocycles. The van der Waals surface area contributed by atoms with Gasteiger partial charge in [-0.25, -0.2) is 15.0 Å². The molecule has 1 fully saturated rings. The van der Waals surface area contributed by atoms with E-state index < -0.39 is 7.60 Å². The van der Waals surface area contributed by atoms with Crippen LogP contribution in [0.4, 0.5) is 5.82 Å². The summed E-state index contributed by atoms with van der Waals surface area (Å²) in [6.45, 7) is 4.08. The largest absolute Gasteiger partial charge is 0.382 e. The minimum Gasteiger partial charge on any atom is -0.382 e. The van der Waals surface area contributed by atoms with Gasteiger partial charge in [-0.1, -0.05) is 13.8 Å². The van der Waals surface area contributed by atoms with E-state index in [2.05, 4.69) is 26.4 Å². The van der Waals surface area contributed by atoms with E-state index in [-0.39, 0.29) is 24.2 Å². The van der Waals surface area contributed by atoms with Gasteiger partial charge in [0.2, 0.25) is 0 Å². The monoisotopic (exact) mass is 353 g/mol. The van der Waals surface area contributed by atoms with Gasteiger partial charge in [-0.2, -0.15) is 0 Å². The fraction of sp³-hybridized carbons (Fsp3) is 0.500. The minimum absolute atomic E-state index is 0.125. The number of hydrogen-bond donors (Lipinski definition) is 2. The number of anilines is 1. The summed E-state index contributed by atoms with van der Waals surface area (Å²) in [6, 6.07) is 0. The number of nitrogens with two attached hydrogens (primary N) is 1. The predicted molar refractivity (Wildman–Crippen MR) is 87.9 cm³/mol. The molecule has 1 aliphatic rings. The van der Waals surface area contributed by atoms with E-state index in [0.717, 1.165) is 5.82 Å². The van der Waals surface area contributed by atoms with Crippen molar-refractivity contribution in [3.63, 3.8) is 0 Å². The molecular formula is C14H20N5O4P. The van der Waals surface area contributed by atoms with Crippen LogP contribution in [0.1, 0.15) is 20.1 Å². The first-order chi connectivity index (χ1) is 11.3. The van der Waals surface area contributed by atoms with Crippen molar-refractivity contribution in [1.29, 1.82) is 0 Å². The molecule has 130 valence electrons. The lowest BCUT2D eigenvalue weighted by Gasteiger charge is -2.17. The maximum absolute atomic E-state index is 11.6. The Morgan fingerprint density at radius 1 is 1.38 bits per heavy atom. The zero-order valence-corrected chi connectivity index (χ0v) is 14.5. The third-order valence-electron chi connectivity index (χ3n) is 4.48. The Morgan fingerprint density at radius 2 is 2.12 bits per heavy atom. The molecule has 3 rings (SSSR count). The third kappa shape index (κ3) is 2.95. The normalized spacial score (nSPS) is 30.2. The number of nitrogens with zero attached hydrogens (tertiary/aromatic N) is 4. The first kappa shape index (κ1) is 17.0. The lowest BCUT2D eigenvalue weighted by atomic mass is 9.93. The SMILES string of the molecule is COP(=O)(O)/C=C/[C@H]1O[C@@H](n2cnc3c(N)ncnc32)[C@H](C)[C@@H]1C. The van der Waals surface area contributed by atoms with E-state index in [1.165, 1.54) is 13.4 Å². The van der Waals surface area contributed by atoms with Gasteiger partial charge in [-0.3, -0.25) is 9.13 Å². The second-order valence-corrected chi connectivity index (χ2v) is 7.67. The zero-order chi connectivity index (χ0) is 17.5. The van der Waals surface area contributed by atoms with Crippen LogP contribution in [0.5, 0.6) is 0 Å². The lowest BCUT2D eigenvalue weighted by Crippen LogP contribution is -2.15. The number of fused-ring (bicyclic) bond motifs is 1. The lowest BCUT2D eigenvalue weighted by molar-refractivity contribution is 0.00949. The van der Waals surface area contributed by atoms with Gasteiger partial charge in [0.1, 0.15) is 18.1 Å². The summed E-state index contributed by atoms with van der Waals surface area (Å²) in [7, 11) is -2.52. The van der Waals surface area contributed by atoms with Gasteiger partial charge in [0, 0.05) is 18.8 Å². The van der Waals surface area contributed by atoms with Gasteiger partial charge in [0.15, 0.2) is 11.5 Å². The Labute approximate surface area is 139 Å². The highest BCUT2D eigenvalue weighted by atomic mass is 31.2. The van der Waals surface area contributed by atoms with Crippen LogP contribution in [-0.4, -0.2) is 37.6 Å². The van der Waals surface area contributed by atoms with Gasteiger partial charge in [0.05, 0.1) is 12.4 Å². The Hall–Kier alpha value is -1.80. The molecule has 0 amide bonds. The van der Waals surface area contributed by atoms with E-state index in [1.54, 1.807) is 12.4 Å². The van der Waals surface area contributed by atoms with Gasteiger partial charge in [-0.15, -0.1) is 0 Å². The van der Waals surface area contributed by atoms with Crippen LogP contribution < -0.4 is 5.73 Å². The van der Waals surface area contributed by atoms with Gasteiger partial charge >= 0.3 is 7.60 Å². The summed E-state index contributed by atoms with van der Waals surface area (Å²) in [5.41, 5.74) is 6.94. The van der Waals surface area contributed by atoms with Crippen LogP contribution in [0.3, 0.4) is 0 Å². The minimum atomic E-state index is -3.71. The fourth-order valence-corrected chi connectivity index (χ4v) is 3.33. The number of nitrogen functional groups attached to an aromatic ring is 1. The second-order valence-electron chi connectivity index (χ2n) is 5.88. The van der Waals surface area contributed by atoms with E-state index in [0.29, 0.717) is 17.0 Å². The van der Waals surface area contributed by atoms with Crippen LogP contribution in [0.15, 0.2) is 24.5 Å². The van der Waals surface area contributed by atoms with Crippen molar-refractivity contribution in [3.8, 4) is 0 Å². The molecule has 1 aliphatic heterocycles. The molecule has 0 aromatic carbocycles. The maximum Gasteiger partial charge on any atom is 0.351 e. The first-order valence-corrected chi connectivity index (χ1v) is 9.15. The molecular weight excluding hydrogens is 333 g/mol. The molecule has 10 heteroatoms. The summed E-state index contributed by atoms with van der Waals surface area (Å²) in [4.78, 5) is 21.9. The molecule has 3 heterocycles. The summed E-state index contributed by atoms with van der Waals surface area (Å²) in [5, 5.41) is 0. The molecule has 2 aromatic rings. The summed E-state index contributed by atoms with van der Waals surface area (Å²) in [6.07, 6.45) is 3.96. The maximum atomic E-state index is 11.6. The quantitative estimate of drug-likeness (QED) is 0.799. The molecule has 0 bridgehead atoms. The summed E-state index contributed by atoms with van der Waals surface area (Å²) in [5.74, 6) is 1.74. The molecule has 1 saturated heterocycles. The van der Waals surface area contributed by atoms with E-state index in [9.17, 15) is 9.46 Å². The molecule has 5 atom stereocenters. The van der Waals surface area contributed by atoms with Crippen molar-refractivity contribution >= 4 is 24.6 Å². The molecule has 9 nitrogen and oxygen atoms in total. The Kier molecular flexibility index (Phi) is 4.44. The highest BCUT2D eigenvalue weighted by Crippen LogP contribution is 2.45. The van der Waals surface area contributed by atoms with Crippen molar-refractivity contribution in [2.45, 2.75) is 26.2 Å². The Bertz CT molecular complexity index is 823. The predicted octanol–water partition coefficient (Wildman–Crippen LogP) is 1.92. The topological polar surface area (TPSA) is 125 Å². The highest BCUT2D eigenvalue weighted by Gasteiger charge is 2.40. The van der Waals surface area contributed by atoms with Gasteiger partial charge in [-0.05, 0) is 12.0 Å². The number of hydrogen-bond acceptors (Lipinski definition) is 7. The van der Waals surface area contributed by atoms with Crippen molar-refractivity contribution < 1.29 is 18.7 Å². The Morgan fingerprint density at radius 3 is 2.83 bits per heavy atom. The van der Waals surface area contributed by atoms with Crippen LogP contribution in [0, 0.1) is 11.8 Å². The van der Waals surface area contributed by atoms with Crippen LogP contribution in [-0.2, 0) is 13.8 Å². The average Bonchev–Trinajstić information content (AvgIpc) is 3.10. The van der Waals surface area contributed by atoms with E-state index in [4.69, 9.17) is 10.5 Å². The van der Waals surface area contributed by atoms with Crippen LogP contribution in [0.25, 0.3) is 11.2 Å². The molecule has 3 N–H and O–H groups in total. The summed E-state index contributed by atoms with van der Waals surface area (Å²) >= 11 is 0. The summed E-state index contributed by atoms with van der Waals surface area (Å²) < 4.78 is 24.0. The standard InChI is InChI=1S/C14H20N5O4P/c1-8-9(2)14(23-10(8)4-5-24(20,21)22-3)19-7-18-11-12(15)16-6-17-13(11)19/h4-10,14H,1-3H3,(H,20,21)(H2,15,16,17)/b5-4+/t8-,9+,10+,14+/m0/s1. The second kappa shape index (κ2) is 6.25. The molecule has 0 aliphatic carbocycles. The smallest absolute Gasteiger partial charge is 0.351 e. The number of imidazole rings is 1. The van der Waals surface area contributed by atoms with E-state index >= 15 is 0 Å². The Balaban J connectivity index is 1.90. The highest BCUT2D eigenvalue weighted by molar-refractivity contribution is 7.56. The number of aromatic nitrogens is 4. The average molecular weight is 353 g/mol. The van der Waals surface area contributed by atoms with Crippen molar-refractivity contribution in [1.82, 2.24) is 19.5 Å². The first-order valence-electron chi connectivity index (χ1n) is 7.50. The van der Waals surface area contributed by atoms with Crippen molar-refractivity contribution in [2.24, 2.45) is 11.8 Å². The number of rotatable bonds is 4. The van der Waals surface area contributed by atoms with Crippen LogP contribution in [0.2, 0.25) is 0 Å². The van der Waals surface area contributed by atoms with Crippen molar-refractivity contribution in [2.75, 3.05) is 12.8 Å². The molecule has 0 spiro atoms. The van der Waals surface area contributed by atoms with Crippen LogP contribution >= 0.6 is 7.60 Å². The third-order valence-corrected chi connectivity index (χ3v) is 5.55. The molecule has 24 heavy (non-hydrogen) atoms. The van der Waals surface area contributed by atoms with Gasteiger partial charge < -0.3 is 19.9 Å². The van der Waals surface area contributed by atoms with E-state index in [1.807, 2.05) is 11.5 Å².